The number of hydrogen-bond donors (Lipinski definition) is 1. The zero-order valence-electron chi connectivity index (χ0n) is 12.0. The van der Waals surface area contributed by atoms with E-state index in [9.17, 15) is 13.2 Å². The summed E-state index contributed by atoms with van der Waals surface area (Å²) in [6.45, 7) is 0. The molecule has 0 amide bonds. The molecule has 0 fully saturated rings. The van der Waals surface area contributed by atoms with E-state index in [4.69, 9.17) is 0 Å². The second kappa shape index (κ2) is 7.89. The molecule has 0 radical (unpaired) electrons. The van der Waals surface area contributed by atoms with Gasteiger partial charge >= 0.3 is 5.97 Å². The van der Waals surface area contributed by atoms with Crippen LogP contribution in [0.1, 0.15) is 17.3 Å². The summed E-state index contributed by atoms with van der Waals surface area (Å²) in [7, 11) is -2.55. The number of rotatable bonds is 6. The minimum Gasteiger partial charge on any atom is -0.469 e. The topological polar surface area (TPSA) is 72.5 Å². The Labute approximate surface area is 155 Å². The van der Waals surface area contributed by atoms with Crippen LogP contribution in [0.3, 0.4) is 0 Å². The van der Waals surface area contributed by atoms with Gasteiger partial charge in [-0.15, -0.1) is 11.3 Å². The number of methoxy groups -OCH3 is 1. The van der Waals surface area contributed by atoms with Crippen LogP contribution in [0.2, 0.25) is 0 Å². The lowest BCUT2D eigenvalue weighted by atomic mass is 10.2. The van der Waals surface area contributed by atoms with Gasteiger partial charge in [0.2, 0.25) is 10.0 Å². The first-order valence-electron chi connectivity index (χ1n) is 6.41. The van der Waals surface area contributed by atoms with Gasteiger partial charge in [0, 0.05) is 13.8 Å². The molecule has 23 heavy (non-hydrogen) atoms. The van der Waals surface area contributed by atoms with Crippen LogP contribution < -0.4 is 4.72 Å². The third-order valence-electron chi connectivity index (χ3n) is 2.97. The predicted molar refractivity (Wildman–Crippen MR) is 95.9 cm³/mol. The Kier molecular flexibility index (Phi) is 6.38. The van der Waals surface area contributed by atoms with Crippen molar-refractivity contribution in [3.8, 4) is 0 Å². The Morgan fingerprint density at radius 3 is 2.70 bits per heavy atom. The van der Waals surface area contributed by atoms with E-state index in [0.29, 0.717) is 8.95 Å². The number of ether oxygens (including phenoxy) is 1. The Bertz CT molecular complexity index is 791. The van der Waals surface area contributed by atoms with Gasteiger partial charge in [-0.1, -0.05) is 22.0 Å². The molecule has 1 atom stereocenters. The first-order valence-corrected chi connectivity index (χ1v) is 10.4. The highest BCUT2D eigenvalue weighted by Crippen LogP contribution is 2.29. The monoisotopic (exact) mass is 481 g/mol. The maximum Gasteiger partial charge on any atom is 0.307 e. The van der Waals surface area contributed by atoms with Crippen LogP contribution in [-0.4, -0.2) is 21.5 Å². The Morgan fingerprint density at radius 1 is 1.35 bits per heavy atom. The molecule has 0 saturated heterocycles. The van der Waals surface area contributed by atoms with Crippen LogP contribution in [0.5, 0.6) is 0 Å². The van der Waals surface area contributed by atoms with Gasteiger partial charge in [-0.2, -0.15) is 0 Å². The summed E-state index contributed by atoms with van der Waals surface area (Å²) in [6.07, 6.45) is -0.0815. The van der Waals surface area contributed by atoms with Crippen LogP contribution in [0.4, 0.5) is 0 Å². The summed E-state index contributed by atoms with van der Waals surface area (Å²) < 4.78 is 33.7. The van der Waals surface area contributed by atoms with Crippen LogP contribution in [0, 0.1) is 0 Å². The zero-order valence-corrected chi connectivity index (χ0v) is 16.8. The third kappa shape index (κ3) is 4.87. The summed E-state index contributed by atoms with van der Waals surface area (Å²) >= 11 is 7.87. The lowest BCUT2D eigenvalue weighted by Crippen LogP contribution is -2.30. The molecule has 0 aliphatic carbocycles. The van der Waals surface area contributed by atoms with Gasteiger partial charge in [-0.05, 0) is 45.6 Å². The van der Waals surface area contributed by atoms with E-state index in [1.54, 1.807) is 24.3 Å². The van der Waals surface area contributed by atoms with Crippen LogP contribution >= 0.6 is 43.2 Å². The van der Waals surface area contributed by atoms with Crippen molar-refractivity contribution in [2.75, 3.05) is 7.11 Å². The molecule has 0 spiro atoms. The van der Waals surface area contributed by atoms with Crippen molar-refractivity contribution in [1.29, 1.82) is 0 Å². The number of benzene rings is 1. The molecule has 124 valence electrons. The molecule has 1 aromatic carbocycles. The van der Waals surface area contributed by atoms with Crippen molar-refractivity contribution >= 4 is 59.2 Å². The van der Waals surface area contributed by atoms with Crippen LogP contribution in [0.25, 0.3) is 0 Å². The van der Waals surface area contributed by atoms with Crippen molar-refractivity contribution in [3.05, 3.63) is 49.5 Å². The fourth-order valence-electron chi connectivity index (χ4n) is 1.87. The molecule has 0 aliphatic heterocycles. The number of carbonyl (C=O) groups excluding carboxylic acids is 1. The van der Waals surface area contributed by atoms with Crippen molar-refractivity contribution in [2.24, 2.45) is 0 Å². The second-order valence-corrected chi connectivity index (χ2v) is 8.98. The first kappa shape index (κ1) is 18.6. The highest BCUT2D eigenvalue weighted by molar-refractivity contribution is 9.11. The average Bonchev–Trinajstić information content (AvgIpc) is 3.03. The third-order valence-corrected chi connectivity index (χ3v) is 6.91. The Balaban J connectivity index is 2.34. The standard InChI is InChI=1S/C14H13Br2NO4S2/c1-21-14(18)8-11(12-3-2-6-22-12)17-23(19,20)13-7-9(15)4-5-10(13)16/h2-7,11,17H,8H2,1H3. The quantitative estimate of drug-likeness (QED) is 0.634. The molecule has 1 unspecified atom stereocenters. The minimum atomic E-state index is -3.82. The lowest BCUT2D eigenvalue weighted by Gasteiger charge is -2.17. The van der Waals surface area contributed by atoms with Gasteiger partial charge in [0.15, 0.2) is 0 Å². The number of esters is 1. The number of halogens is 2. The fourth-order valence-corrected chi connectivity index (χ4v) is 5.44. The molecule has 1 N–H and O–H groups in total. The average molecular weight is 483 g/mol. The first-order chi connectivity index (χ1) is 10.8. The molecule has 2 aromatic rings. The van der Waals surface area contributed by atoms with Gasteiger partial charge in [0.05, 0.1) is 24.5 Å². The number of nitrogens with one attached hydrogen (secondary N) is 1. The van der Waals surface area contributed by atoms with E-state index >= 15 is 0 Å². The van der Waals surface area contributed by atoms with E-state index in [2.05, 4.69) is 41.3 Å². The van der Waals surface area contributed by atoms with E-state index < -0.39 is 22.0 Å². The highest BCUT2D eigenvalue weighted by atomic mass is 79.9. The normalized spacial score (nSPS) is 12.8. The maximum absolute atomic E-state index is 12.7. The van der Waals surface area contributed by atoms with Crippen molar-refractivity contribution in [2.45, 2.75) is 17.4 Å². The minimum absolute atomic E-state index is 0.0815. The summed E-state index contributed by atoms with van der Waals surface area (Å²) in [6, 6.07) is 7.76. The number of carbonyl (C=O) groups is 1. The van der Waals surface area contributed by atoms with E-state index in [0.717, 1.165) is 4.88 Å². The molecule has 0 bridgehead atoms. The van der Waals surface area contributed by atoms with Gasteiger partial charge in [-0.3, -0.25) is 4.79 Å². The van der Waals surface area contributed by atoms with Gasteiger partial charge in [0.1, 0.15) is 0 Å². The van der Waals surface area contributed by atoms with Gasteiger partial charge < -0.3 is 4.74 Å². The molecule has 2 rings (SSSR count). The smallest absolute Gasteiger partial charge is 0.307 e. The number of sulfonamides is 1. The molecule has 0 aliphatic rings. The Morgan fingerprint density at radius 2 is 2.09 bits per heavy atom. The predicted octanol–water partition coefficient (Wildman–Crippen LogP) is 3.86. The highest BCUT2D eigenvalue weighted by Gasteiger charge is 2.26. The zero-order chi connectivity index (χ0) is 17.0. The van der Waals surface area contributed by atoms with E-state index in [-0.39, 0.29) is 11.3 Å². The van der Waals surface area contributed by atoms with Crippen molar-refractivity contribution < 1.29 is 17.9 Å². The second-order valence-electron chi connectivity index (χ2n) is 4.54. The largest absolute Gasteiger partial charge is 0.469 e. The van der Waals surface area contributed by atoms with E-state index in [1.165, 1.54) is 24.5 Å². The van der Waals surface area contributed by atoms with Crippen molar-refractivity contribution in [1.82, 2.24) is 4.72 Å². The lowest BCUT2D eigenvalue weighted by molar-refractivity contribution is -0.141. The molecule has 9 heteroatoms. The molecular formula is C14H13Br2NO4S2. The number of hydrogen-bond acceptors (Lipinski definition) is 5. The van der Waals surface area contributed by atoms with Crippen molar-refractivity contribution in [3.63, 3.8) is 0 Å². The van der Waals surface area contributed by atoms with Crippen LogP contribution in [0.15, 0.2) is 49.6 Å². The summed E-state index contributed by atoms with van der Waals surface area (Å²) in [5, 5.41) is 1.82. The summed E-state index contributed by atoms with van der Waals surface area (Å²) in [5.41, 5.74) is 0. The Hall–Kier alpha value is -0.740. The molecule has 1 aromatic heterocycles. The molecular weight excluding hydrogens is 470 g/mol. The summed E-state index contributed by atoms with van der Waals surface area (Å²) in [5.74, 6) is -0.487. The van der Waals surface area contributed by atoms with Gasteiger partial charge in [-0.25, -0.2) is 13.1 Å². The fraction of sp³-hybridized carbons (Fsp3) is 0.214. The van der Waals surface area contributed by atoms with Gasteiger partial charge in [0.25, 0.3) is 0 Å². The summed E-state index contributed by atoms with van der Waals surface area (Å²) in [4.78, 5) is 12.4. The number of thiophene rings is 1. The molecule has 5 nitrogen and oxygen atoms in total. The molecule has 0 saturated carbocycles. The maximum atomic E-state index is 12.7. The van der Waals surface area contributed by atoms with Crippen LogP contribution in [-0.2, 0) is 19.6 Å². The van der Waals surface area contributed by atoms with E-state index in [1.807, 2.05) is 5.38 Å². The molecule has 1 heterocycles. The SMILES string of the molecule is COC(=O)CC(NS(=O)(=O)c1cc(Br)ccc1Br)c1cccs1.